The Hall–Kier alpha value is -7.68. The quantitative estimate of drug-likeness (QED) is 0.162. The van der Waals surface area contributed by atoms with Crippen LogP contribution in [0.5, 0.6) is 0 Å². The summed E-state index contributed by atoms with van der Waals surface area (Å²) in [6.45, 7) is 0. The van der Waals surface area contributed by atoms with Crippen LogP contribution in [0.3, 0.4) is 0 Å². The smallest absolute Gasteiger partial charge is 0.143 e. The van der Waals surface area contributed by atoms with E-state index in [0.717, 1.165) is 50.0 Å². The fourth-order valence-electron chi connectivity index (χ4n) is 8.58. The van der Waals surface area contributed by atoms with Gasteiger partial charge in [-0.3, -0.25) is 0 Å². The van der Waals surface area contributed by atoms with Crippen molar-refractivity contribution in [3.05, 3.63) is 224 Å². The van der Waals surface area contributed by atoms with Crippen molar-refractivity contribution >= 4 is 60.5 Å². The van der Waals surface area contributed by atoms with Crippen molar-refractivity contribution in [2.24, 2.45) is 0 Å². The molecule has 272 valence electrons. The first-order chi connectivity index (χ1) is 28.7. The zero-order valence-electron chi connectivity index (χ0n) is 31.7. The van der Waals surface area contributed by atoms with E-state index in [4.69, 9.17) is 4.42 Å². The van der Waals surface area contributed by atoms with Gasteiger partial charge in [0.05, 0.1) is 11.1 Å². The number of rotatable bonds is 7. The first kappa shape index (κ1) is 33.6. The predicted molar refractivity (Wildman–Crippen MR) is 245 cm³/mol. The Bertz CT molecular complexity index is 3250. The van der Waals surface area contributed by atoms with Gasteiger partial charge >= 0.3 is 0 Å². The predicted octanol–water partition coefficient (Wildman–Crippen LogP) is 16.0. The average molecular weight is 740 g/mol. The monoisotopic (exact) mass is 739 g/mol. The molecule has 0 saturated heterocycles. The molecule has 0 N–H and O–H groups in total. The third-order valence-electron chi connectivity index (χ3n) is 11.4. The Labute approximate surface area is 337 Å². The third kappa shape index (κ3) is 5.91. The van der Waals surface area contributed by atoms with E-state index in [2.05, 4.69) is 229 Å². The van der Waals surface area contributed by atoms with Crippen LogP contribution in [-0.4, -0.2) is 0 Å². The number of hydrogen-bond acceptors (Lipinski definition) is 2. The summed E-state index contributed by atoms with van der Waals surface area (Å²) >= 11 is 0. The van der Waals surface area contributed by atoms with Crippen molar-refractivity contribution in [2.45, 2.75) is 0 Å². The van der Waals surface area contributed by atoms with Crippen LogP contribution < -0.4 is 4.90 Å². The Morgan fingerprint density at radius 2 is 0.862 bits per heavy atom. The lowest BCUT2D eigenvalue weighted by molar-refractivity contribution is 0.672. The summed E-state index contributed by atoms with van der Waals surface area (Å²) in [5.74, 6) is 0. The van der Waals surface area contributed by atoms with E-state index < -0.39 is 0 Å². The normalized spacial score (nSPS) is 11.4. The summed E-state index contributed by atoms with van der Waals surface area (Å²) in [5.41, 5.74) is 14.4. The molecule has 0 aliphatic heterocycles. The van der Waals surface area contributed by atoms with E-state index in [1.165, 1.54) is 55.1 Å². The maximum atomic E-state index is 6.87. The molecule has 11 rings (SSSR count). The lowest BCUT2D eigenvalue weighted by Crippen LogP contribution is -2.10. The molecule has 0 radical (unpaired) electrons. The Kier molecular flexibility index (Phi) is 8.19. The van der Waals surface area contributed by atoms with Gasteiger partial charge in [-0.25, -0.2) is 0 Å². The maximum absolute atomic E-state index is 6.87. The van der Waals surface area contributed by atoms with Crippen molar-refractivity contribution in [2.75, 3.05) is 4.90 Å². The summed E-state index contributed by atoms with van der Waals surface area (Å²) in [7, 11) is 0. The van der Waals surface area contributed by atoms with Gasteiger partial charge in [0.1, 0.15) is 11.2 Å². The zero-order chi connectivity index (χ0) is 38.4. The van der Waals surface area contributed by atoms with E-state index in [1.807, 2.05) is 0 Å². The molecular formula is C56H37NO. The summed E-state index contributed by atoms with van der Waals surface area (Å²) in [4.78, 5) is 2.39. The molecule has 58 heavy (non-hydrogen) atoms. The van der Waals surface area contributed by atoms with Gasteiger partial charge in [-0.05, 0) is 109 Å². The molecule has 2 nitrogen and oxygen atoms in total. The van der Waals surface area contributed by atoms with E-state index in [0.29, 0.717) is 0 Å². The number of nitrogens with zero attached hydrogens (tertiary/aromatic N) is 1. The minimum absolute atomic E-state index is 0.854. The zero-order valence-corrected chi connectivity index (χ0v) is 31.7. The molecule has 1 aromatic heterocycles. The van der Waals surface area contributed by atoms with Crippen LogP contribution in [-0.2, 0) is 0 Å². The van der Waals surface area contributed by atoms with Crippen molar-refractivity contribution in [1.82, 2.24) is 0 Å². The molecule has 0 bridgehead atoms. The van der Waals surface area contributed by atoms with E-state index in [9.17, 15) is 0 Å². The van der Waals surface area contributed by atoms with Crippen LogP contribution in [0.4, 0.5) is 17.1 Å². The Morgan fingerprint density at radius 3 is 1.59 bits per heavy atom. The van der Waals surface area contributed by atoms with Gasteiger partial charge in [0.2, 0.25) is 0 Å². The third-order valence-corrected chi connectivity index (χ3v) is 11.4. The molecule has 2 heteroatoms. The van der Waals surface area contributed by atoms with Gasteiger partial charge in [0, 0.05) is 22.1 Å². The average Bonchev–Trinajstić information content (AvgIpc) is 3.69. The molecule has 0 spiro atoms. The second kappa shape index (κ2) is 14.1. The molecular weight excluding hydrogens is 703 g/mol. The van der Waals surface area contributed by atoms with Crippen LogP contribution in [0.25, 0.3) is 88.0 Å². The van der Waals surface area contributed by atoms with Gasteiger partial charge in [0.25, 0.3) is 0 Å². The van der Waals surface area contributed by atoms with E-state index >= 15 is 0 Å². The molecule has 0 atom stereocenters. The van der Waals surface area contributed by atoms with Gasteiger partial charge < -0.3 is 9.32 Å². The fraction of sp³-hybridized carbons (Fsp3) is 0. The summed E-state index contributed by atoms with van der Waals surface area (Å²) in [5, 5.41) is 6.90. The summed E-state index contributed by atoms with van der Waals surface area (Å²) in [6, 6.07) is 80.6. The van der Waals surface area contributed by atoms with E-state index in [1.54, 1.807) is 0 Å². The van der Waals surface area contributed by atoms with Crippen LogP contribution in [0.2, 0.25) is 0 Å². The van der Waals surface area contributed by atoms with Crippen molar-refractivity contribution in [3.8, 4) is 44.5 Å². The van der Waals surface area contributed by atoms with Gasteiger partial charge in [-0.15, -0.1) is 0 Å². The fourth-order valence-corrected chi connectivity index (χ4v) is 8.58. The highest BCUT2D eigenvalue weighted by Crippen LogP contribution is 2.47. The van der Waals surface area contributed by atoms with Crippen LogP contribution in [0.15, 0.2) is 229 Å². The molecule has 11 aromatic rings. The van der Waals surface area contributed by atoms with Crippen LogP contribution in [0, 0.1) is 0 Å². The second-order valence-electron chi connectivity index (χ2n) is 14.9. The molecule has 0 amide bonds. The van der Waals surface area contributed by atoms with Crippen LogP contribution >= 0.6 is 0 Å². The topological polar surface area (TPSA) is 16.4 Å². The Morgan fingerprint density at radius 1 is 0.310 bits per heavy atom. The van der Waals surface area contributed by atoms with Gasteiger partial charge in [-0.2, -0.15) is 0 Å². The lowest BCUT2D eigenvalue weighted by atomic mass is 9.93. The molecule has 0 aliphatic rings. The molecule has 0 aliphatic carbocycles. The summed E-state index contributed by atoms with van der Waals surface area (Å²) in [6.07, 6.45) is 0. The molecule has 0 unspecified atom stereocenters. The number of furan rings is 1. The number of fused-ring (bicyclic) bond motifs is 6. The largest absolute Gasteiger partial charge is 0.455 e. The standard InChI is InChI=1S/C56H37NO/c1-3-13-38(14-4-1)41-25-27-42(28-26-41)43-31-33-47(34-32-43)57(48-20-11-19-45(36-48)39-15-5-2-6-16-39)53-23-12-24-54-55(53)52-37-51(49-21-9-10-22-50(49)56(52)58-54)46-30-29-40-17-7-8-18-44(40)35-46/h1-37H. The minimum Gasteiger partial charge on any atom is -0.455 e. The second-order valence-corrected chi connectivity index (χ2v) is 14.9. The van der Waals surface area contributed by atoms with Gasteiger partial charge in [-0.1, -0.05) is 176 Å². The van der Waals surface area contributed by atoms with Gasteiger partial charge in [0.15, 0.2) is 0 Å². The molecule has 0 fully saturated rings. The van der Waals surface area contributed by atoms with Crippen molar-refractivity contribution in [1.29, 1.82) is 0 Å². The van der Waals surface area contributed by atoms with Crippen molar-refractivity contribution < 1.29 is 4.42 Å². The highest BCUT2D eigenvalue weighted by Gasteiger charge is 2.22. The first-order valence-electron chi connectivity index (χ1n) is 19.8. The Balaban J connectivity index is 1.10. The van der Waals surface area contributed by atoms with Crippen molar-refractivity contribution in [3.63, 3.8) is 0 Å². The highest BCUT2D eigenvalue weighted by atomic mass is 16.3. The molecule has 1 heterocycles. The summed E-state index contributed by atoms with van der Waals surface area (Å²) < 4.78 is 6.87. The number of anilines is 3. The SMILES string of the molecule is c1ccc(-c2ccc(-c3ccc(N(c4cccc(-c5ccccc5)c4)c4cccc5oc6c7ccccc7c(-c7ccc8ccccc8c7)cc6c45)cc3)cc2)cc1. The minimum atomic E-state index is 0.854. The number of hydrogen-bond donors (Lipinski definition) is 0. The molecule has 0 saturated carbocycles. The highest BCUT2D eigenvalue weighted by molar-refractivity contribution is 6.22. The maximum Gasteiger partial charge on any atom is 0.143 e. The lowest BCUT2D eigenvalue weighted by Gasteiger charge is -2.27. The molecule has 10 aromatic carbocycles. The van der Waals surface area contributed by atoms with E-state index in [-0.39, 0.29) is 0 Å². The van der Waals surface area contributed by atoms with Crippen LogP contribution in [0.1, 0.15) is 0 Å². The number of benzene rings is 10. The first-order valence-corrected chi connectivity index (χ1v) is 19.8.